The number of hydrogen-bond acceptors (Lipinski definition) is 2. The van der Waals surface area contributed by atoms with Crippen molar-refractivity contribution < 1.29 is 9.90 Å². The third kappa shape index (κ3) is 1.88. The number of ketones is 1. The Hall–Kier alpha value is -1.15. The summed E-state index contributed by atoms with van der Waals surface area (Å²) in [5.41, 5.74) is 1.68. The van der Waals surface area contributed by atoms with Gasteiger partial charge in [-0.1, -0.05) is 29.8 Å². The Bertz CT molecular complexity index is 249. The van der Waals surface area contributed by atoms with Crippen molar-refractivity contribution in [3.8, 4) is 0 Å². The fraction of sp³-hybridized carbons (Fsp3) is 0.222. The molecule has 0 saturated carbocycles. The summed E-state index contributed by atoms with van der Waals surface area (Å²) in [6, 6.07) is 7.13. The smallest absolute Gasteiger partial charge is 0.188 e. The van der Waals surface area contributed by atoms with E-state index in [4.69, 9.17) is 5.11 Å². The average molecular weight is 150 g/mol. The minimum absolute atomic E-state index is 0.231. The fourth-order valence-corrected chi connectivity index (χ4v) is 0.831. The quantitative estimate of drug-likeness (QED) is 0.642. The van der Waals surface area contributed by atoms with Crippen molar-refractivity contribution >= 4 is 5.78 Å². The van der Waals surface area contributed by atoms with Gasteiger partial charge in [0, 0.05) is 5.56 Å². The molecule has 0 amide bonds. The van der Waals surface area contributed by atoms with E-state index in [1.54, 1.807) is 12.1 Å². The molecule has 0 unspecified atom stereocenters. The average Bonchev–Trinajstić information content (AvgIpc) is 2.05. The maximum Gasteiger partial charge on any atom is 0.188 e. The lowest BCUT2D eigenvalue weighted by molar-refractivity contribution is 0.0904. The van der Waals surface area contributed by atoms with Crippen molar-refractivity contribution in [3.63, 3.8) is 0 Å². The predicted molar refractivity (Wildman–Crippen MR) is 42.6 cm³/mol. The minimum Gasteiger partial charge on any atom is -0.388 e. The molecule has 0 atom stereocenters. The molecule has 0 fully saturated rings. The van der Waals surface area contributed by atoms with Gasteiger partial charge in [-0.3, -0.25) is 4.79 Å². The number of aryl methyl sites for hydroxylation is 1. The van der Waals surface area contributed by atoms with E-state index in [0.29, 0.717) is 5.56 Å². The normalized spacial score (nSPS) is 9.64. The van der Waals surface area contributed by atoms with Crippen LogP contribution < -0.4 is 0 Å². The van der Waals surface area contributed by atoms with Gasteiger partial charge in [0.1, 0.15) is 6.61 Å². The van der Waals surface area contributed by atoms with E-state index in [1.807, 2.05) is 19.1 Å². The van der Waals surface area contributed by atoms with Crippen molar-refractivity contribution in [2.24, 2.45) is 0 Å². The molecular weight excluding hydrogens is 140 g/mol. The van der Waals surface area contributed by atoms with Gasteiger partial charge >= 0.3 is 0 Å². The topological polar surface area (TPSA) is 37.3 Å². The Kier molecular flexibility index (Phi) is 2.39. The third-order valence-corrected chi connectivity index (χ3v) is 1.52. The Morgan fingerprint density at radius 3 is 2.36 bits per heavy atom. The van der Waals surface area contributed by atoms with E-state index in [-0.39, 0.29) is 5.78 Å². The highest BCUT2D eigenvalue weighted by atomic mass is 16.3. The maximum atomic E-state index is 10.9. The third-order valence-electron chi connectivity index (χ3n) is 1.52. The van der Waals surface area contributed by atoms with Gasteiger partial charge in [-0.05, 0) is 6.92 Å². The zero-order valence-electron chi connectivity index (χ0n) is 6.37. The minimum atomic E-state index is -0.414. The summed E-state index contributed by atoms with van der Waals surface area (Å²) < 4.78 is 0. The van der Waals surface area contributed by atoms with Crippen molar-refractivity contribution in [2.45, 2.75) is 6.92 Å². The van der Waals surface area contributed by atoms with Crippen LogP contribution >= 0.6 is 0 Å². The molecule has 0 bridgehead atoms. The summed E-state index contributed by atoms with van der Waals surface area (Å²) in [6.07, 6.45) is 0. The van der Waals surface area contributed by atoms with Gasteiger partial charge in [-0.15, -0.1) is 0 Å². The lowest BCUT2D eigenvalue weighted by Gasteiger charge is -1.96. The van der Waals surface area contributed by atoms with E-state index in [0.717, 1.165) is 5.56 Å². The Morgan fingerprint density at radius 1 is 1.36 bits per heavy atom. The lowest BCUT2D eigenvalue weighted by Crippen LogP contribution is -2.03. The van der Waals surface area contributed by atoms with Gasteiger partial charge in [0.2, 0.25) is 0 Å². The molecule has 11 heavy (non-hydrogen) atoms. The highest BCUT2D eigenvalue weighted by Gasteiger charge is 2.01. The number of aliphatic hydroxyl groups excluding tert-OH is 1. The molecule has 0 radical (unpaired) electrons. The highest BCUT2D eigenvalue weighted by Crippen LogP contribution is 2.02. The summed E-state index contributed by atoms with van der Waals surface area (Å²) in [4.78, 5) is 10.9. The van der Waals surface area contributed by atoms with Crippen LogP contribution in [-0.4, -0.2) is 17.5 Å². The van der Waals surface area contributed by atoms with Crippen molar-refractivity contribution in [2.75, 3.05) is 6.61 Å². The van der Waals surface area contributed by atoms with Gasteiger partial charge in [0.15, 0.2) is 5.78 Å². The molecule has 1 aromatic rings. The number of rotatable bonds is 2. The second-order valence-corrected chi connectivity index (χ2v) is 2.45. The first-order valence-corrected chi connectivity index (χ1v) is 3.45. The van der Waals surface area contributed by atoms with E-state index in [1.165, 1.54) is 0 Å². The van der Waals surface area contributed by atoms with Gasteiger partial charge in [-0.2, -0.15) is 0 Å². The number of benzene rings is 1. The maximum absolute atomic E-state index is 10.9. The fourth-order valence-electron chi connectivity index (χ4n) is 0.831. The van der Waals surface area contributed by atoms with Gasteiger partial charge < -0.3 is 5.11 Å². The monoisotopic (exact) mass is 150 g/mol. The van der Waals surface area contributed by atoms with Gasteiger partial charge in [0.25, 0.3) is 0 Å². The van der Waals surface area contributed by atoms with Crippen LogP contribution in [0.5, 0.6) is 0 Å². The first-order chi connectivity index (χ1) is 5.24. The molecule has 0 spiro atoms. The van der Waals surface area contributed by atoms with Crippen LogP contribution in [0, 0.1) is 6.92 Å². The molecule has 1 N–H and O–H groups in total. The first kappa shape index (κ1) is 7.95. The Morgan fingerprint density at radius 2 is 1.91 bits per heavy atom. The lowest BCUT2D eigenvalue weighted by atomic mass is 10.1. The van der Waals surface area contributed by atoms with E-state index < -0.39 is 6.61 Å². The number of aliphatic hydroxyl groups is 1. The van der Waals surface area contributed by atoms with Gasteiger partial charge in [0.05, 0.1) is 0 Å². The molecule has 0 heterocycles. The van der Waals surface area contributed by atoms with E-state index in [2.05, 4.69) is 0 Å². The predicted octanol–water partition coefficient (Wildman–Crippen LogP) is 1.17. The van der Waals surface area contributed by atoms with E-state index in [9.17, 15) is 4.79 Å². The number of carbonyl (C=O) groups is 1. The van der Waals surface area contributed by atoms with Crippen LogP contribution in [0.3, 0.4) is 0 Å². The zero-order valence-corrected chi connectivity index (χ0v) is 6.37. The molecule has 1 aromatic carbocycles. The van der Waals surface area contributed by atoms with Crippen molar-refractivity contribution in [3.05, 3.63) is 35.4 Å². The molecule has 0 saturated heterocycles. The second-order valence-electron chi connectivity index (χ2n) is 2.45. The summed E-state index contributed by atoms with van der Waals surface area (Å²) in [6.45, 7) is 1.54. The molecule has 2 heteroatoms. The zero-order chi connectivity index (χ0) is 8.27. The molecule has 0 aromatic heterocycles. The molecule has 0 aliphatic heterocycles. The number of carbonyl (C=O) groups excluding carboxylic acids is 1. The molecule has 2 nitrogen and oxygen atoms in total. The van der Waals surface area contributed by atoms with Crippen molar-refractivity contribution in [1.82, 2.24) is 0 Å². The highest BCUT2D eigenvalue weighted by molar-refractivity contribution is 5.96. The van der Waals surface area contributed by atoms with Crippen molar-refractivity contribution in [1.29, 1.82) is 0 Å². The molecule has 0 aliphatic rings. The summed E-state index contributed by atoms with van der Waals surface area (Å²) in [5.74, 6) is -0.231. The SMILES string of the molecule is Cc1ccc(C(=O)CO)cc1. The van der Waals surface area contributed by atoms with Crippen LogP contribution in [0.15, 0.2) is 24.3 Å². The largest absolute Gasteiger partial charge is 0.388 e. The molecular formula is C9H10O2. The van der Waals surface area contributed by atoms with Gasteiger partial charge in [-0.25, -0.2) is 0 Å². The van der Waals surface area contributed by atoms with E-state index >= 15 is 0 Å². The van der Waals surface area contributed by atoms with Crippen LogP contribution in [0.2, 0.25) is 0 Å². The van der Waals surface area contributed by atoms with Crippen LogP contribution in [0.4, 0.5) is 0 Å². The molecule has 0 aliphatic carbocycles. The first-order valence-electron chi connectivity index (χ1n) is 3.45. The summed E-state index contributed by atoms with van der Waals surface area (Å²) in [5, 5.41) is 8.51. The summed E-state index contributed by atoms with van der Waals surface area (Å²) >= 11 is 0. The van der Waals surface area contributed by atoms with Crippen LogP contribution in [0.25, 0.3) is 0 Å². The Labute approximate surface area is 65.5 Å². The standard InChI is InChI=1S/C9H10O2/c1-7-2-4-8(5-3-7)9(11)6-10/h2-5,10H,6H2,1H3. The van der Waals surface area contributed by atoms with Crippen LogP contribution in [-0.2, 0) is 0 Å². The Balaban J connectivity index is 2.90. The molecule has 58 valence electrons. The number of hydrogen-bond donors (Lipinski definition) is 1. The number of Topliss-reactive ketones (excluding diaryl/α,β-unsaturated/α-hetero) is 1. The second kappa shape index (κ2) is 3.30. The molecule has 1 rings (SSSR count). The summed E-state index contributed by atoms with van der Waals surface area (Å²) in [7, 11) is 0. The van der Waals surface area contributed by atoms with Crippen LogP contribution in [0.1, 0.15) is 15.9 Å².